The quantitative estimate of drug-likeness (QED) is 0.746. The van der Waals surface area contributed by atoms with Crippen molar-refractivity contribution in [2.75, 3.05) is 6.61 Å². The Hall–Kier alpha value is -2.57. The molecule has 2 aromatic rings. The lowest BCUT2D eigenvalue weighted by atomic mass is 9.98. The standard InChI is InChI=1S/C22H32N4O3/c1-15(2)14-28-22(27)23-13-20-18(12-24-26(20)4)19-10-11-21(16(3)25-19)29-17-8-6-5-7-9-17/h10-12,15,17H,5-9,13-14H2,1-4H3,(H,23,27). The maximum Gasteiger partial charge on any atom is 0.407 e. The Bertz CT molecular complexity index is 825. The van der Waals surface area contributed by atoms with Crippen molar-refractivity contribution in [3.8, 4) is 17.0 Å². The highest BCUT2D eigenvalue weighted by Crippen LogP contribution is 2.28. The first-order valence-electron chi connectivity index (χ1n) is 10.5. The van der Waals surface area contributed by atoms with E-state index in [-0.39, 0.29) is 0 Å². The predicted molar refractivity (Wildman–Crippen MR) is 112 cm³/mol. The lowest BCUT2D eigenvalue weighted by Crippen LogP contribution is -2.26. The van der Waals surface area contributed by atoms with Crippen LogP contribution in [0.4, 0.5) is 4.79 Å². The van der Waals surface area contributed by atoms with Crippen LogP contribution in [0.5, 0.6) is 5.75 Å². The van der Waals surface area contributed by atoms with Crippen molar-refractivity contribution in [2.24, 2.45) is 13.0 Å². The zero-order chi connectivity index (χ0) is 20.8. The van der Waals surface area contributed by atoms with Gasteiger partial charge in [0.15, 0.2) is 0 Å². The number of nitrogens with zero attached hydrogens (tertiary/aromatic N) is 3. The third-order valence-electron chi connectivity index (χ3n) is 5.17. The van der Waals surface area contributed by atoms with Crippen LogP contribution in [0.3, 0.4) is 0 Å². The summed E-state index contributed by atoms with van der Waals surface area (Å²) >= 11 is 0. The van der Waals surface area contributed by atoms with Crippen molar-refractivity contribution in [1.29, 1.82) is 0 Å². The molecular weight excluding hydrogens is 368 g/mol. The molecule has 7 nitrogen and oxygen atoms in total. The number of hydrogen-bond donors (Lipinski definition) is 1. The summed E-state index contributed by atoms with van der Waals surface area (Å²) in [5.74, 6) is 1.15. The Labute approximate surface area is 172 Å². The summed E-state index contributed by atoms with van der Waals surface area (Å²) < 4.78 is 13.1. The van der Waals surface area contributed by atoms with Crippen LogP contribution in [0, 0.1) is 12.8 Å². The highest BCUT2D eigenvalue weighted by Gasteiger charge is 2.18. The van der Waals surface area contributed by atoms with E-state index in [1.54, 1.807) is 10.9 Å². The lowest BCUT2D eigenvalue weighted by molar-refractivity contribution is 0.132. The fourth-order valence-corrected chi connectivity index (χ4v) is 3.52. The minimum absolute atomic E-state index is 0.296. The fraction of sp³-hybridized carbons (Fsp3) is 0.591. The van der Waals surface area contributed by atoms with Crippen molar-refractivity contribution < 1.29 is 14.3 Å². The number of rotatable bonds is 7. The Kier molecular flexibility index (Phi) is 7.12. The third kappa shape index (κ3) is 5.71. The van der Waals surface area contributed by atoms with Crippen molar-refractivity contribution in [1.82, 2.24) is 20.1 Å². The average Bonchev–Trinajstić information content (AvgIpc) is 3.07. The van der Waals surface area contributed by atoms with E-state index in [0.717, 1.165) is 41.2 Å². The van der Waals surface area contributed by atoms with E-state index in [2.05, 4.69) is 10.4 Å². The molecule has 3 rings (SSSR count). The van der Waals surface area contributed by atoms with Crippen molar-refractivity contribution >= 4 is 6.09 Å². The number of nitrogens with one attached hydrogen (secondary N) is 1. The Morgan fingerprint density at radius 1 is 1.28 bits per heavy atom. The van der Waals surface area contributed by atoms with Crippen LogP contribution < -0.4 is 10.1 Å². The zero-order valence-corrected chi connectivity index (χ0v) is 17.9. The van der Waals surface area contributed by atoms with Gasteiger partial charge in [-0.2, -0.15) is 5.10 Å². The molecule has 0 radical (unpaired) electrons. The first-order chi connectivity index (χ1) is 13.9. The molecule has 29 heavy (non-hydrogen) atoms. The molecule has 7 heteroatoms. The van der Waals surface area contributed by atoms with E-state index in [1.807, 2.05) is 40.0 Å². The smallest absolute Gasteiger partial charge is 0.407 e. The number of aromatic nitrogens is 3. The largest absolute Gasteiger partial charge is 0.489 e. The molecule has 2 aromatic heterocycles. The van der Waals surface area contributed by atoms with E-state index in [0.29, 0.717) is 25.2 Å². The molecule has 1 saturated carbocycles. The van der Waals surface area contributed by atoms with Gasteiger partial charge in [-0.15, -0.1) is 0 Å². The molecule has 1 N–H and O–H groups in total. The van der Waals surface area contributed by atoms with Crippen molar-refractivity contribution in [3.63, 3.8) is 0 Å². The molecule has 1 aliphatic rings. The van der Waals surface area contributed by atoms with Gasteiger partial charge < -0.3 is 14.8 Å². The normalized spacial score (nSPS) is 14.8. The van der Waals surface area contributed by atoms with Crippen LogP contribution in [0.1, 0.15) is 57.3 Å². The summed E-state index contributed by atoms with van der Waals surface area (Å²) in [4.78, 5) is 16.6. The number of carbonyl (C=O) groups excluding carboxylic acids is 1. The average molecular weight is 401 g/mol. The van der Waals surface area contributed by atoms with Crippen molar-refractivity contribution in [2.45, 2.75) is 65.5 Å². The molecule has 0 saturated heterocycles. The number of carbonyl (C=O) groups is 1. The SMILES string of the molecule is Cc1nc(-c2cnn(C)c2CNC(=O)OCC(C)C)ccc1OC1CCCCC1. The van der Waals surface area contributed by atoms with Gasteiger partial charge in [-0.05, 0) is 50.7 Å². The second kappa shape index (κ2) is 9.76. The lowest BCUT2D eigenvalue weighted by Gasteiger charge is -2.23. The molecule has 158 valence electrons. The minimum atomic E-state index is -0.425. The van der Waals surface area contributed by atoms with Gasteiger partial charge in [-0.25, -0.2) is 9.78 Å². The zero-order valence-electron chi connectivity index (χ0n) is 17.9. The predicted octanol–water partition coefficient (Wildman–Crippen LogP) is 4.38. The summed E-state index contributed by atoms with van der Waals surface area (Å²) in [6, 6.07) is 3.95. The highest BCUT2D eigenvalue weighted by atomic mass is 16.5. The van der Waals surface area contributed by atoms with E-state index in [9.17, 15) is 4.79 Å². The first kappa shape index (κ1) is 21.1. The van der Waals surface area contributed by atoms with Gasteiger partial charge in [0.05, 0.1) is 42.5 Å². The molecule has 0 aliphatic heterocycles. The van der Waals surface area contributed by atoms with Gasteiger partial charge in [0.1, 0.15) is 5.75 Å². The molecular formula is C22H32N4O3. The fourth-order valence-electron chi connectivity index (χ4n) is 3.52. The van der Waals surface area contributed by atoms with Crippen LogP contribution in [0.25, 0.3) is 11.3 Å². The first-order valence-corrected chi connectivity index (χ1v) is 10.5. The molecule has 0 aromatic carbocycles. The van der Waals surface area contributed by atoms with Crippen LogP contribution in [0.15, 0.2) is 18.3 Å². The maximum atomic E-state index is 11.9. The monoisotopic (exact) mass is 400 g/mol. The van der Waals surface area contributed by atoms with Gasteiger partial charge >= 0.3 is 6.09 Å². The molecule has 2 heterocycles. The summed E-state index contributed by atoms with van der Waals surface area (Å²) in [6.07, 6.45) is 7.66. The summed E-state index contributed by atoms with van der Waals surface area (Å²) in [5, 5.41) is 7.14. The van der Waals surface area contributed by atoms with Crippen LogP contribution in [-0.2, 0) is 18.3 Å². The number of pyridine rings is 1. The van der Waals surface area contributed by atoms with E-state index < -0.39 is 6.09 Å². The molecule has 0 atom stereocenters. The maximum absolute atomic E-state index is 11.9. The summed E-state index contributed by atoms with van der Waals surface area (Å²) in [5.41, 5.74) is 3.45. The molecule has 1 fully saturated rings. The number of alkyl carbamates (subject to hydrolysis) is 1. The second-order valence-electron chi connectivity index (χ2n) is 8.13. The van der Waals surface area contributed by atoms with Crippen molar-refractivity contribution in [3.05, 3.63) is 29.7 Å². The number of ether oxygens (including phenoxy) is 2. The van der Waals surface area contributed by atoms with Gasteiger partial charge in [-0.3, -0.25) is 4.68 Å². The van der Waals surface area contributed by atoms with Crippen LogP contribution in [-0.4, -0.2) is 33.6 Å². The third-order valence-corrected chi connectivity index (χ3v) is 5.17. The van der Waals surface area contributed by atoms with Gasteiger partial charge in [0, 0.05) is 12.6 Å². The Morgan fingerprint density at radius 2 is 2.03 bits per heavy atom. The summed E-state index contributed by atoms with van der Waals surface area (Å²) in [6.45, 7) is 6.70. The van der Waals surface area contributed by atoms with Gasteiger partial charge in [0.25, 0.3) is 0 Å². The molecule has 0 unspecified atom stereocenters. The minimum Gasteiger partial charge on any atom is -0.489 e. The Balaban J connectivity index is 1.68. The van der Waals surface area contributed by atoms with Crippen LogP contribution >= 0.6 is 0 Å². The number of hydrogen-bond acceptors (Lipinski definition) is 5. The number of aryl methyl sites for hydroxylation is 2. The summed E-state index contributed by atoms with van der Waals surface area (Å²) in [7, 11) is 1.85. The van der Waals surface area contributed by atoms with E-state index in [4.69, 9.17) is 14.5 Å². The van der Waals surface area contributed by atoms with Gasteiger partial charge in [-0.1, -0.05) is 20.3 Å². The molecule has 0 spiro atoms. The second-order valence-corrected chi connectivity index (χ2v) is 8.13. The molecule has 1 aliphatic carbocycles. The number of amides is 1. The topological polar surface area (TPSA) is 78.3 Å². The molecule has 0 bridgehead atoms. The van der Waals surface area contributed by atoms with Gasteiger partial charge in [0.2, 0.25) is 0 Å². The van der Waals surface area contributed by atoms with E-state index in [1.165, 1.54) is 19.3 Å². The van der Waals surface area contributed by atoms with E-state index >= 15 is 0 Å². The molecule has 1 amide bonds. The Morgan fingerprint density at radius 3 is 2.72 bits per heavy atom. The highest BCUT2D eigenvalue weighted by molar-refractivity contribution is 5.68. The van der Waals surface area contributed by atoms with Crippen LogP contribution in [0.2, 0.25) is 0 Å².